The van der Waals surface area contributed by atoms with Crippen molar-refractivity contribution in [2.24, 2.45) is 0 Å². The summed E-state index contributed by atoms with van der Waals surface area (Å²) in [7, 11) is 0. The van der Waals surface area contributed by atoms with Crippen LogP contribution < -0.4 is 0 Å². The molecule has 2 heterocycles. The number of esters is 1. The Kier molecular flexibility index (Phi) is 5.14. The maximum Gasteiger partial charge on any atom is 0.305 e. The molecule has 8 nitrogen and oxygen atoms in total. The van der Waals surface area contributed by atoms with Crippen molar-refractivity contribution in [3.63, 3.8) is 0 Å². The predicted octanol–water partition coefficient (Wildman–Crippen LogP) is 1.90. The van der Waals surface area contributed by atoms with Gasteiger partial charge in [0.2, 0.25) is 0 Å². The predicted molar refractivity (Wildman–Crippen MR) is 104 cm³/mol. The number of benzene rings is 2. The van der Waals surface area contributed by atoms with Crippen molar-refractivity contribution in [3.8, 4) is 0 Å². The van der Waals surface area contributed by atoms with E-state index in [9.17, 15) is 24.0 Å². The van der Waals surface area contributed by atoms with E-state index in [2.05, 4.69) is 0 Å². The lowest BCUT2D eigenvalue weighted by atomic mass is 10.1. The van der Waals surface area contributed by atoms with Gasteiger partial charge in [-0.2, -0.15) is 0 Å². The van der Waals surface area contributed by atoms with Crippen LogP contribution in [0.4, 0.5) is 0 Å². The highest BCUT2D eigenvalue weighted by molar-refractivity contribution is 6.22. The number of carbonyl (C=O) groups excluding carboxylic acids is 5. The van der Waals surface area contributed by atoms with Crippen LogP contribution in [0, 0.1) is 0 Å². The molecular formula is C22H18N2O6. The third-order valence-electron chi connectivity index (χ3n) is 5.10. The number of amides is 4. The summed E-state index contributed by atoms with van der Waals surface area (Å²) in [6, 6.07) is 13.1. The maximum absolute atomic E-state index is 12.3. The van der Waals surface area contributed by atoms with Crippen molar-refractivity contribution in [2.45, 2.75) is 12.8 Å². The zero-order valence-corrected chi connectivity index (χ0v) is 16.0. The Bertz CT molecular complexity index is 923. The van der Waals surface area contributed by atoms with E-state index >= 15 is 0 Å². The van der Waals surface area contributed by atoms with E-state index in [1.807, 2.05) is 0 Å². The monoisotopic (exact) mass is 406 g/mol. The molecule has 0 unspecified atom stereocenters. The van der Waals surface area contributed by atoms with E-state index in [0.29, 0.717) is 22.3 Å². The highest BCUT2D eigenvalue weighted by Gasteiger charge is 2.35. The molecule has 8 heteroatoms. The maximum atomic E-state index is 12.3. The largest absolute Gasteiger partial charge is 0.464 e. The minimum Gasteiger partial charge on any atom is -0.464 e. The van der Waals surface area contributed by atoms with Gasteiger partial charge in [0.25, 0.3) is 23.6 Å². The molecule has 4 amide bonds. The number of ether oxygens (including phenoxy) is 1. The quantitative estimate of drug-likeness (QED) is 0.514. The molecule has 0 bridgehead atoms. The van der Waals surface area contributed by atoms with Crippen molar-refractivity contribution in [1.29, 1.82) is 0 Å². The molecule has 4 rings (SSSR count). The van der Waals surface area contributed by atoms with E-state index in [4.69, 9.17) is 4.74 Å². The summed E-state index contributed by atoms with van der Waals surface area (Å²) < 4.78 is 5.11. The minimum atomic E-state index is -0.525. The van der Waals surface area contributed by atoms with Crippen LogP contribution in [0.15, 0.2) is 48.5 Å². The van der Waals surface area contributed by atoms with E-state index in [0.717, 1.165) is 9.80 Å². The normalized spacial score (nSPS) is 14.9. The van der Waals surface area contributed by atoms with Gasteiger partial charge in [0.15, 0.2) is 0 Å². The zero-order valence-electron chi connectivity index (χ0n) is 16.0. The number of rotatable bonds is 7. The molecule has 0 N–H and O–H groups in total. The summed E-state index contributed by atoms with van der Waals surface area (Å²) in [6.45, 7) is -0.0341. The number of fused-ring (bicyclic) bond motifs is 2. The van der Waals surface area contributed by atoms with Crippen molar-refractivity contribution >= 4 is 29.6 Å². The third kappa shape index (κ3) is 3.36. The second-order valence-electron chi connectivity index (χ2n) is 6.94. The molecule has 0 saturated carbocycles. The fourth-order valence-electron chi connectivity index (χ4n) is 3.59. The molecule has 0 aromatic heterocycles. The number of imide groups is 2. The molecule has 0 atom stereocenters. The number of nitrogens with zero attached hydrogens (tertiary/aromatic N) is 2. The Labute approximate surface area is 172 Å². The second-order valence-corrected chi connectivity index (χ2v) is 6.94. The van der Waals surface area contributed by atoms with Crippen LogP contribution >= 0.6 is 0 Å². The van der Waals surface area contributed by atoms with Crippen LogP contribution in [-0.2, 0) is 9.53 Å². The van der Waals surface area contributed by atoms with E-state index in [1.54, 1.807) is 48.5 Å². The van der Waals surface area contributed by atoms with Gasteiger partial charge >= 0.3 is 5.97 Å². The first-order valence-electron chi connectivity index (χ1n) is 9.55. The summed E-state index contributed by atoms with van der Waals surface area (Å²) >= 11 is 0. The van der Waals surface area contributed by atoms with Gasteiger partial charge in [0, 0.05) is 13.0 Å². The summed E-state index contributed by atoms with van der Waals surface area (Å²) in [5.41, 5.74) is 1.42. The molecule has 2 aliphatic rings. The molecule has 0 spiro atoms. The zero-order chi connectivity index (χ0) is 21.3. The topological polar surface area (TPSA) is 101 Å². The highest BCUT2D eigenvalue weighted by Crippen LogP contribution is 2.23. The van der Waals surface area contributed by atoms with E-state index < -0.39 is 17.8 Å². The molecule has 0 fully saturated rings. The lowest BCUT2D eigenvalue weighted by molar-refractivity contribution is -0.144. The third-order valence-corrected chi connectivity index (χ3v) is 5.10. The van der Waals surface area contributed by atoms with Gasteiger partial charge in [-0.25, -0.2) is 0 Å². The van der Waals surface area contributed by atoms with Crippen molar-refractivity contribution < 1.29 is 28.7 Å². The Morgan fingerprint density at radius 2 is 1.07 bits per heavy atom. The average molecular weight is 406 g/mol. The van der Waals surface area contributed by atoms with Gasteiger partial charge in [-0.15, -0.1) is 0 Å². The summed E-state index contributed by atoms with van der Waals surface area (Å²) in [5.74, 6) is -2.07. The van der Waals surface area contributed by atoms with Crippen LogP contribution in [0.25, 0.3) is 0 Å². The summed E-state index contributed by atoms with van der Waals surface area (Å²) in [6.07, 6.45) is 0.271. The van der Waals surface area contributed by atoms with Crippen LogP contribution in [-0.4, -0.2) is 59.1 Å². The minimum absolute atomic E-state index is 0.00945. The Balaban J connectivity index is 1.21. The Hall–Kier alpha value is -3.81. The Morgan fingerprint density at radius 3 is 1.50 bits per heavy atom. The van der Waals surface area contributed by atoms with Crippen LogP contribution in [0.2, 0.25) is 0 Å². The number of hydrogen-bond donors (Lipinski definition) is 0. The molecule has 0 saturated heterocycles. The summed E-state index contributed by atoms with van der Waals surface area (Å²) in [5, 5.41) is 0. The lowest BCUT2D eigenvalue weighted by Gasteiger charge is -2.15. The van der Waals surface area contributed by atoms with Gasteiger partial charge in [0.1, 0.15) is 6.61 Å². The van der Waals surface area contributed by atoms with Crippen molar-refractivity contribution in [3.05, 3.63) is 70.8 Å². The molecule has 152 valence electrons. The molecular weight excluding hydrogens is 388 g/mol. The standard InChI is InChI=1S/C22H18N2O6/c25-18(10-5-11-23-19(26)14-6-1-2-7-15(14)20(23)27)30-13-12-24-21(28)16-8-3-4-9-17(16)22(24)29/h1-4,6-9H,5,10-13H2. The number of hydrogen-bond acceptors (Lipinski definition) is 6. The second kappa shape index (κ2) is 7.90. The molecule has 2 aromatic rings. The fourth-order valence-corrected chi connectivity index (χ4v) is 3.59. The summed E-state index contributed by atoms with van der Waals surface area (Å²) in [4.78, 5) is 63.2. The molecule has 2 aromatic carbocycles. The van der Waals surface area contributed by atoms with Gasteiger partial charge in [-0.05, 0) is 30.7 Å². The number of carbonyl (C=O) groups is 5. The Morgan fingerprint density at radius 1 is 0.667 bits per heavy atom. The molecule has 2 aliphatic heterocycles. The molecule has 0 aliphatic carbocycles. The van der Waals surface area contributed by atoms with Crippen molar-refractivity contribution in [1.82, 2.24) is 9.80 Å². The van der Waals surface area contributed by atoms with Gasteiger partial charge < -0.3 is 4.74 Å². The highest BCUT2D eigenvalue weighted by atomic mass is 16.5. The smallest absolute Gasteiger partial charge is 0.305 e. The first kappa shape index (κ1) is 19.5. The van der Waals surface area contributed by atoms with Crippen LogP contribution in [0.5, 0.6) is 0 Å². The first-order chi connectivity index (χ1) is 14.5. The van der Waals surface area contributed by atoms with Crippen molar-refractivity contribution in [2.75, 3.05) is 19.7 Å². The van der Waals surface area contributed by atoms with Crippen LogP contribution in [0.1, 0.15) is 54.3 Å². The molecule has 0 radical (unpaired) electrons. The first-order valence-corrected chi connectivity index (χ1v) is 9.55. The van der Waals surface area contributed by atoms with Gasteiger partial charge in [-0.3, -0.25) is 33.8 Å². The van der Waals surface area contributed by atoms with E-state index in [-0.39, 0.29) is 44.4 Å². The molecule has 30 heavy (non-hydrogen) atoms. The van der Waals surface area contributed by atoms with Gasteiger partial charge in [0.05, 0.1) is 28.8 Å². The van der Waals surface area contributed by atoms with Crippen LogP contribution in [0.3, 0.4) is 0 Å². The SMILES string of the molecule is O=C(CCCN1C(=O)c2ccccc2C1=O)OCCN1C(=O)c2ccccc2C1=O. The van der Waals surface area contributed by atoms with Gasteiger partial charge in [-0.1, -0.05) is 24.3 Å². The average Bonchev–Trinajstić information content (AvgIpc) is 3.15. The fraction of sp³-hybridized carbons (Fsp3) is 0.227. The van der Waals surface area contributed by atoms with E-state index in [1.165, 1.54) is 0 Å². The lowest BCUT2D eigenvalue weighted by Crippen LogP contribution is -2.33.